The second kappa shape index (κ2) is 10.5. The van der Waals surface area contributed by atoms with Crippen molar-refractivity contribution in [1.29, 1.82) is 0 Å². The van der Waals surface area contributed by atoms with Gasteiger partial charge in [-0.1, -0.05) is 12.1 Å². The van der Waals surface area contributed by atoms with Gasteiger partial charge in [-0.05, 0) is 43.4 Å². The van der Waals surface area contributed by atoms with Crippen LogP contribution in [0.4, 0.5) is 0 Å². The van der Waals surface area contributed by atoms with Gasteiger partial charge in [-0.15, -0.1) is 11.3 Å². The van der Waals surface area contributed by atoms with Crippen LogP contribution in [0.2, 0.25) is 0 Å². The first-order valence-corrected chi connectivity index (χ1v) is 10.3. The maximum atomic E-state index is 4.67. The predicted molar refractivity (Wildman–Crippen MR) is 105 cm³/mol. The highest BCUT2D eigenvalue weighted by Gasteiger charge is 2.03. The molecule has 0 amide bonds. The fourth-order valence-corrected chi connectivity index (χ4v) is 3.77. The molecule has 1 aromatic heterocycles. The van der Waals surface area contributed by atoms with Crippen molar-refractivity contribution in [3.8, 4) is 0 Å². The van der Waals surface area contributed by atoms with E-state index in [1.54, 1.807) is 11.3 Å². The van der Waals surface area contributed by atoms with Gasteiger partial charge in [0.2, 0.25) is 0 Å². The maximum absolute atomic E-state index is 4.67. The topological polar surface area (TPSA) is 49.3 Å². The zero-order valence-electron chi connectivity index (χ0n) is 14.0. The first-order valence-electron chi connectivity index (χ1n) is 8.11. The number of guanidine groups is 1. The van der Waals surface area contributed by atoms with Crippen LogP contribution in [0.3, 0.4) is 0 Å². The molecule has 6 heteroatoms. The fraction of sp³-hybridized carbons (Fsp3) is 0.529. The zero-order valence-corrected chi connectivity index (χ0v) is 15.6. The van der Waals surface area contributed by atoms with Crippen molar-refractivity contribution in [2.45, 2.75) is 25.7 Å². The molecule has 126 valence electrons. The predicted octanol–water partition coefficient (Wildman–Crippen LogP) is 3.54. The molecule has 0 saturated heterocycles. The Bertz CT molecular complexity index is 576. The van der Waals surface area contributed by atoms with Gasteiger partial charge in [-0.3, -0.25) is 4.99 Å². The number of para-hydroxylation sites is 1. The number of hydrogen-bond donors (Lipinski definition) is 2. The molecule has 0 atom stereocenters. The highest BCUT2D eigenvalue weighted by atomic mass is 32.2. The van der Waals surface area contributed by atoms with Crippen LogP contribution in [0.15, 0.2) is 29.3 Å². The summed E-state index contributed by atoms with van der Waals surface area (Å²) >= 11 is 3.70. The van der Waals surface area contributed by atoms with E-state index in [1.807, 2.05) is 24.9 Å². The summed E-state index contributed by atoms with van der Waals surface area (Å²) in [5.41, 5.74) is 1.11. The summed E-state index contributed by atoms with van der Waals surface area (Å²) in [6, 6.07) is 8.33. The molecule has 0 unspecified atom stereocenters. The van der Waals surface area contributed by atoms with Gasteiger partial charge >= 0.3 is 0 Å². The largest absolute Gasteiger partial charge is 0.356 e. The van der Waals surface area contributed by atoms with Crippen LogP contribution < -0.4 is 10.6 Å². The SMILES string of the molecule is CN=C(NCCCCSC)NCCCc1nc2ccccc2s1. The smallest absolute Gasteiger partial charge is 0.190 e. The average molecular weight is 351 g/mol. The fourth-order valence-electron chi connectivity index (χ4n) is 2.27. The van der Waals surface area contributed by atoms with E-state index >= 15 is 0 Å². The van der Waals surface area contributed by atoms with Crippen molar-refractivity contribution in [2.75, 3.05) is 32.1 Å². The lowest BCUT2D eigenvalue weighted by molar-refractivity contribution is 0.712. The number of aryl methyl sites for hydroxylation is 1. The number of hydrogen-bond acceptors (Lipinski definition) is 4. The van der Waals surface area contributed by atoms with Gasteiger partial charge in [0, 0.05) is 26.6 Å². The Hall–Kier alpha value is -1.27. The standard InChI is InChI=1S/C17H26N4S2/c1-18-17(19-11-5-6-13-22-2)20-12-7-10-16-21-14-8-3-4-9-15(14)23-16/h3-4,8-9H,5-7,10-13H2,1-2H3,(H2,18,19,20). The lowest BCUT2D eigenvalue weighted by Gasteiger charge is -2.11. The molecule has 0 spiro atoms. The van der Waals surface area contributed by atoms with Gasteiger partial charge in [0.05, 0.1) is 15.2 Å². The molecule has 1 aromatic carbocycles. The van der Waals surface area contributed by atoms with Crippen molar-refractivity contribution >= 4 is 39.3 Å². The minimum atomic E-state index is 0.901. The number of unbranched alkanes of at least 4 members (excludes halogenated alkanes) is 1. The summed E-state index contributed by atoms with van der Waals surface area (Å²) in [5, 5.41) is 7.96. The van der Waals surface area contributed by atoms with E-state index in [0.29, 0.717) is 0 Å². The number of benzene rings is 1. The van der Waals surface area contributed by atoms with Gasteiger partial charge in [-0.2, -0.15) is 11.8 Å². The molecule has 0 bridgehead atoms. The van der Waals surface area contributed by atoms with E-state index < -0.39 is 0 Å². The molecule has 2 N–H and O–H groups in total. The van der Waals surface area contributed by atoms with Crippen LogP contribution in [-0.4, -0.2) is 43.1 Å². The van der Waals surface area contributed by atoms with Crippen LogP contribution >= 0.6 is 23.1 Å². The number of thioether (sulfide) groups is 1. The molecular formula is C17H26N4S2. The van der Waals surface area contributed by atoms with E-state index in [1.165, 1.54) is 28.3 Å². The number of thiazole rings is 1. The van der Waals surface area contributed by atoms with Crippen molar-refractivity contribution in [3.05, 3.63) is 29.3 Å². The number of nitrogens with zero attached hydrogens (tertiary/aromatic N) is 2. The van der Waals surface area contributed by atoms with E-state index in [4.69, 9.17) is 0 Å². The van der Waals surface area contributed by atoms with E-state index in [2.05, 4.69) is 45.1 Å². The summed E-state index contributed by atoms with van der Waals surface area (Å²) < 4.78 is 1.28. The van der Waals surface area contributed by atoms with E-state index in [0.717, 1.165) is 37.4 Å². The number of rotatable bonds is 9. The lowest BCUT2D eigenvalue weighted by atomic mass is 10.3. The third-order valence-corrected chi connectivity index (χ3v) is 5.28. The van der Waals surface area contributed by atoms with Crippen molar-refractivity contribution in [1.82, 2.24) is 15.6 Å². The Morgan fingerprint density at radius 2 is 1.96 bits per heavy atom. The number of aliphatic imine (C=N–C) groups is 1. The monoisotopic (exact) mass is 350 g/mol. The van der Waals surface area contributed by atoms with E-state index in [9.17, 15) is 0 Å². The third-order valence-electron chi connectivity index (χ3n) is 3.49. The second-order valence-corrected chi connectivity index (χ2v) is 7.41. The lowest BCUT2D eigenvalue weighted by Crippen LogP contribution is -2.38. The maximum Gasteiger partial charge on any atom is 0.190 e. The van der Waals surface area contributed by atoms with Crippen LogP contribution in [0.25, 0.3) is 10.2 Å². The molecule has 0 saturated carbocycles. The number of aromatic nitrogens is 1. The normalized spacial score (nSPS) is 11.8. The first-order chi connectivity index (χ1) is 11.3. The zero-order chi connectivity index (χ0) is 16.3. The average Bonchev–Trinajstić information content (AvgIpc) is 2.99. The molecule has 0 radical (unpaired) electrons. The van der Waals surface area contributed by atoms with Gasteiger partial charge < -0.3 is 10.6 Å². The first kappa shape index (κ1) is 18.1. The highest BCUT2D eigenvalue weighted by Crippen LogP contribution is 2.22. The van der Waals surface area contributed by atoms with Gasteiger partial charge in [-0.25, -0.2) is 4.98 Å². The third kappa shape index (κ3) is 6.39. The van der Waals surface area contributed by atoms with Crippen LogP contribution in [0.1, 0.15) is 24.3 Å². The Labute approximate surface area is 147 Å². The van der Waals surface area contributed by atoms with E-state index in [-0.39, 0.29) is 0 Å². The van der Waals surface area contributed by atoms with Gasteiger partial charge in [0.1, 0.15) is 0 Å². The van der Waals surface area contributed by atoms with Crippen molar-refractivity contribution < 1.29 is 0 Å². The summed E-state index contributed by atoms with van der Waals surface area (Å²) in [7, 11) is 1.82. The molecular weight excluding hydrogens is 324 g/mol. The molecule has 2 rings (SSSR count). The second-order valence-electron chi connectivity index (χ2n) is 5.30. The van der Waals surface area contributed by atoms with Gasteiger partial charge in [0.15, 0.2) is 5.96 Å². The van der Waals surface area contributed by atoms with Crippen molar-refractivity contribution in [3.63, 3.8) is 0 Å². The Balaban J connectivity index is 1.63. The highest BCUT2D eigenvalue weighted by molar-refractivity contribution is 7.98. The van der Waals surface area contributed by atoms with Gasteiger partial charge in [0.25, 0.3) is 0 Å². The summed E-state index contributed by atoms with van der Waals surface area (Å²) in [6.45, 7) is 1.90. The Morgan fingerprint density at radius 1 is 1.17 bits per heavy atom. The molecule has 2 aromatic rings. The number of fused-ring (bicyclic) bond motifs is 1. The van der Waals surface area contributed by atoms with Crippen LogP contribution in [-0.2, 0) is 6.42 Å². The molecule has 0 aliphatic rings. The molecule has 1 heterocycles. The minimum Gasteiger partial charge on any atom is -0.356 e. The molecule has 23 heavy (non-hydrogen) atoms. The molecule has 0 aliphatic carbocycles. The summed E-state index contributed by atoms with van der Waals surface area (Å²) in [4.78, 5) is 8.93. The quantitative estimate of drug-likeness (QED) is 0.413. The van der Waals surface area contributed by atoms with Crippen LogP contribution in [0.5, 0.6) is 0 Å². The molecule has 0 fully saturated rings. The van der Waals surface area contributed by atoms with Crippen LogP contribution in [0, 0.1) is 0 Å². The Morgan fingerprint density at radius 3 is 2.70 bits per heavy atom. The molecule has 0 aliphatic heterocycles. The number of nitrogens with one attached hydrogen (secondary N) is 2. The Kier molecular flexibility index (Phi) is 8.25. The summed E-state index contributed by atoms with van der Waals surface area (Å²) in [6.07, 6.45) is 6.67. The minimum absolute atomic E-state index is 0.901. The van der Waals surface area contributed by atoms with Crippen molar-refractivity contribution in [2.24, 2.45) is 4.99 Å². The molecule has 4 nitrogen and oxygen atoms in total. The summed E-state index contributed by atoms with van der Waals surface area (Å²) in [5.74, 6) is 2.13.